The molecule has 0 atom stereocenters. The van der Waals surface area contributed by atoms with Crippen LogP contribution in [0, 0.1) is 5.82 Å². The first-order valence-corrected chi connectivity index (χ1v) is 5.51. The molecule has 0 aliphatic rings. The average Bonchev–Trinajstić information content (AvgIpc) is 2.53. The molecule has 1 aromatic carbocycles. The molecule has 0 unspecified atom stereocenters. The van der Waals surface area contributed by atoms with Crippen LogP contribution in [0.4, 0.5) is 4.39 Å². The molecular weight excluding hydrogens is 218 g/mol. The molecule has 0 bridgehead atoms. The van der Waals surface area contributed by atoms with Crippen molar-refractivity contribution in [1.82, 2.24) is 0 Å². The third-order valence-electron chi connectivity index (χ3n) is 1.65. The molecule has 2 rings (SSSR count). The van der Waals surface area contributed by atoms with Crippen molar-refractivity contribution in [3.05, 3.63) is 47.2 Å². The second-order valence-corrected chi connectivity index (χ2v) is 4.39. The van der Waals surface area contributed by atoms with Gasteiger partial charge in [-0.15, -0.1) is 0 Å². The van der Waals surface area contributed by atoms with Gasteiger partial charge in [-0.05, 0) is 0 Å². The summed E-state index contributed by atoms with van der Waals surface area (Å²) in [6.45, 7) is 0. The van der Waals surface area contributed by atoms with E-state index in [2.05, 4.69) is 0 Å². The van der Waals surface area contributed by atoms with Gasteiger partial charge in [0.2, 0.25) is 0 Å². The molecule has 1 heterocycles. The first kappa shape index (κ1) is 7.78. The number of hydrogen-bond acceptors (Lipinski definition) is 0. The van der Waals surface area contributed by atoms with Crippen LogP contribution in [0.2, 0.25) is 0 Å². The van der Waals surface area contributed by atoms with Crippen LogP contribution in [-0.2, 0) is 0 Å². The van der Waals surface area contributed by atoms with Crippen LogP contribution >= 0.6 is 0 Å². The van der Waals surface area contributed by atoms with Crippen molar-refractivity contribution < 1.29 is 4.39 Å². The number of rotatable bonds is 1. The predicted molar refractivity (Wildman–Crippen MR) is 48.8 cm³/mol. The van der Waals surface area contributed by atoms with E-state index in [1.165, 1.54) is 0 Å². The van der Waals surface area contributed by atoms with Gasteiger partial charge in [-0.3, -0.25) is 0 Å². The zero-order chi connectivity index (χ0) is 8.39. The van der Waals surface area contributed by atoms with E-state index in [0.29, 0.717) is 0 Å². The van der Waals surface area contributed by atoms with E-state index >= 15 is 0 Å². The van der Waals surface area contributed by atoms with Gasteiger partial charge >= 0.3 is 76.1 Å². The van der Waals surface area contributed by atoms with Gasteiger partial charge in [0.1, 0.15) is 0 Å². The van der Waals surface area contributed by atoms with Crippen LogP contribution in [-0.4, -0.2) is 14.5 Å². The molecule has 0 aliphatic heterocycles. The van der Waals surface area contributed by atoms with Gasteiger partial charge in [-0.2, -0.15) is 0 Å². The van der Waals surface area contributed by atoms with E-state index < -0.39 is 0 Å². The topological polar surface area (TPSA) is 0 Å². The summed E-state index contributed by atoms with van der Waals surface area (Å²) in [6, 6.07) is 11.3. The molecular formula is C10H7FSe. The summed E-state index contributed by atoms with van der Waals surface area (Å²) in [7, 11) is 0. The Hall–Kier alpha value is -0.851. The standard InChI is InChI=1S/C10H7FSe/c11-9-6-7-12-10(9)8-4-2-1-3-5-8/h1-7H. The van der Waals surface area contributed by atoms with Crippen LogP contribution < -0.4 is 0 Å². The van der Waals surface area contributed by atoms with Gasteiger partial charge in [-0.25, -0.2) is 0 Å². The maximum atomic E-state index is 13.1. The van der Waals surface area contributed by atoms with E-state index in [0.717, 1.165) is 10.0 Å². The van der Waals surface area contributed by atoms with Crippen LogP contribution in [0.25, 0.3) is 10.0 Å². The summed E-state index contributed by atoms with van der Waals surface area (Å²) in [5.41, 5.74) is 1.01. The summed E-state index contributed by atoms with van der Waals surface area (Å²) >= 11 is 0.186. The van der Waals surface area contributed by atoms with Crippen LogP contribution in [0.1, 0.15) is 0 Å². The van der Waals surface area contributed by atoms with E-state index in [1.54, 1.807) is 6.07 Å². The van der Waals surface area contributed by atoms with E-state index in [1.807, 2.05) is 35.3 Å². The minimum atomic E-state index is -0.0683. The van der Waals surface area contributed by atoms with Gasteiger partial charge in [-0.1, -0.05) is 0 Å². The van der Waals surface area contributed by atoms with E-state index in [-0.39, 0.29) is 20.3 Å². The SMILES string of the molecule is Fc1cc[se]c1-c1ccccc1. The Labute approximate surface area is 76.4 Å². The van der Waals surface area contributed by atoms with Gasteiger partial charge < -0.3 is 0 Å². The first-order chi connectivity index (χ1) is 5.88. The van der Waals surface area contributed by atoms with E-state index in [9.17, 15) is 4.39 Å². The van der Waals surface area contributed by atoms with Gasteiger partial charge in [0.15, 0.2) is 0 Å². The normalized spacial score (nSPS) is 10.1. The Morgan fingerprint density at radius 3 is 2.33 bits per heavy atom. The van der Waals surface area contributed by atoms with Crippen molar-refractivity contribution in [3.8, 4) is 10.0 Å². The molecule has 0 saturated carbocycles. The van der Waals surface area contributed by atoms with Crippen LogP contribution in [0.15, 0.2) is 41.3 Å². The second kappa shape index (κ2) is 3.26. The van der Waals surface area contributed by atoms with Crippen molar-refractivity contribution in [3.63, 3.8) is 0 Å². The fourth-order valence-electron chi connectivity index (χ4n) is 1.09. The van der Waals surface area contributed by atoms with Gasteiger partial charge in [0, 0.05) is 0 Å². The molecule has 0 nitrogen and oxygen atoms in total. The number of halogens is 1. The molecule has 12 heavy (non-hydrogen) atoms. The third kappa shape index (κ3) is 1.36. The zero-order valence-corrected chi connectivity index (χ0v) is 8.04. The summed E-state index contributed by atoms with van der Waals surface area (Å²) in [6.07, 6.45) is 0. The quantitative estimate of drug-likeness (QED) is 0.654. The summed E-state index contributed by atoms with van der Waals surface area (Å²) in [4.78, 5) is 1.91. The minimum absolute atomic E-state index is 0.0683. The Kier molecular flexibility index (Phi) is 2.11. The molecule has 60 valence electrons. The number of hydrogen-bond donors (Lipinski definition) is 0. The zero-order valence-electron chi connectivity index (χ0n) is 6.33. The monoisotopic (exact) mass is 226 g/mol. The fourth-order valence-corrected chi connectivity index (χ4v) is 2.72. The number of benzene rings is 1. The van der Waals surface area contributed by atoms with Crippen LogP contribution in [0.3, 0.4) is 0 Å². The Balaban J connectivity index is 2.51. The molecule has 2 heteroatoms. The molecule has 0 fully saturated rings. The fraction of sp³-hybridized carbons (Fsp3) is 0. The summed E-state index contributed by atoms with van der Waals surface area (Å²) in [5, 5.41) is 0. The molecule has 1 aromatic heterocycles. The van der Waals surface area contributed by atoms with Crippen molar-refractivity contribution in [2.75, 3.05) is 0 Å². The summed E-state index contributed by atoms with van der Waals surface area (Å²) < 4.78 is 13.9. The molecule has 0 aliphatic carbocycles. The summed E-state index contributed by atoms with van der Waals surface area (Å²) in [5.74, 6) is -0.0683. The Morgan fingerprint density at radius 2 is 1.75 bits per heavy atom. The second-order valence-electron chi connectivity index (χ2n) is 2.46. The van der Waals surface area contributed by atoms with Gasteiger partial charge in [0.25, 0.3) is 0 Å². The van der Waals surface area contributed by atoms with Crippen molar-refractivity contribution in [2.45, 2.75) is 0 Å². The third-order valence-corrected chi connectivity index (χ3v) is 3.62. The molecule has 0 amide bonds. The molecule has 0 spiro atoms. The van der Waals surface area contributed by atoms with Crippen molar-refractivity contribution in [2.24, 2.45) is 0 Å². The Bertz CT molecular complexity index is 364. The van der Waals surface area contributed by atoms with Crippen molar-refractivity contribution in [1.29, 1.82) is 0 Å². The van der Waals surface area contributed by atoms with Gasteiger partial charge in [0.05, 0.1) is 0 Å². The average molecular weight is 225 g/mol. The predicted octanol–water partition coefficient (Wildman–Crippen LogP) is 2.55. The van der Waals surface area contributed by atoms with Crippen molar-refractivity contribution >= 4 is 14.5 Å². The van der Waals surface area contributed by atoms with E-state index in [4.69, 9.17) is 0 Å². The molecule has 0 saturated heterocycles. The molecule has 0 N–H and O–H groups in total. The first-order valence-electron chi connectivity index (χ1n) is 3.66. The Morgan fingerprint density at radius 1 is 1.00 bits per heavy atom. The molecule has 0 radical (unpaired) electrons. The maximum absolute atomic E-state index is 13.1. The molecule has 2 aromatic rings. The van der Waals surface area contributed by atoms with Crippen LogP contribution in [0.5, 0.6) is 0 Å².